The second-order valence-corrected chi connectivity index (χ2v) is 8.58. The molecule has 1 aliphatic rings. The molecule has 1 amide bonds. The van der Waals surface area contributed by atoms with Gasteiger partial charge in [0.15, 0.2) is 0 Å². The Labute approximate surface area is 203 Å². The first-order chi connectivity index (χ1) is 16.7. The van der Waals surface area contributed by atoms with Crippen molar-refractivity contribution in [3.63, 3.8) is 0 Å². The van der Waals surface area contributed by atoms with E-state index in [1.807, 2.05) is 77.7 Å². The lowest BCUT2D eigenvalue weighted by atomic mass is 10.0. The van der Waals surface area contributed by atoms with Crippen LogP contribution >= 0.6 is 11.6 Å². The number of anilines is 2. The zero-order chi connectivity index (χ0) is 23.3. The SMILES string of the molecule is O=C(c1ccc(Nc2nccc(-c3ccc(Cl)cc3)n2)cc1)N1CCN[C@@H](c2ccccc2)C1. The smallest absolute Gasteiger partial charge is 0.253 e. The zero-order valence-electron chi connectivity index (χ0n) is 18.5. The van der Waals surface area contributed by atoms with E-state index in [-0.39, 0.29) is 11.9 Å². The fourth-order valence-corrected chi connectivity index (χ4v) is 4.18. The van der Waals surface area contributed by atoms with Gasteiger partial charge in [0.2, 0.25) is 5.95 Å². The van der Waals surface area contributed by atoms with Gasteiger partial charge in [0.1, 0.15) is 0 Å². The van der Waals surface area contributed by atoms with Crippen LogP contribution in [0.5, 0.6) is 0 Å². The molecule has 3 aromatic carbocycles. The minimum atomic E-state index is 0.0370. The molecule has 4 aromatic rings. The molecule has 5 rings (SSSR count). The van der Waals surface area contributed by atoms with Crippen molar-refractivity contribution >= 4 is 29.1 Å². The molecule has 0 spiro atoms. The number of piperazine rings is 1. The summed E-state index contributed by atoms with van der Waals surface area (Å²) in [5.74, 6) is 0.523. The number of amides is 1. The van der Waals surface area contributed by atoms with Crippen LogP contribution in [0.4, 0.5) is 11.6 Å². The van der Waals surface area contributed by atoms with Gasteiger partial charge in [0, 0.05) is 53.7 Å². The number of carbonyl (C=O) groups excluding carboxylic acids is 1. The number of hydrogen-bond acceptors (Lipinski definition) is 5. The number of halogens is 1. The van der Waals surface area contributed by atoms with Crippen molar-refractivity contribution in [2.75, 3.05) is 25.0 Å². The van der Waals surface area contributed by atoms with Gasteiger partial charge in [0.25, 0.3) is 5.91 Å². The van der Waals surface area contributed by atoms with E-state index in [1.165, 1.54) is 5.56 Å². The van der Waals surface area contributed by atoms with E-state index in [9.17, 15) is 4.79 Å². The Morgan fingerprint density at radius 2 is 1.74 bits per heavy atom. The Kier molecular flexibility index (Phi) is 6.51. The molecule has 2 heterocycles. The van der Waals surface area contributed by atoms with Crippen molar-refractivity contribution < 1.29 is 4.79 Å². The first-order valence-electron chi connectivity index (χ1n) is 11.2. The summed E-state index contributed by atoms with van der Waals surface area (Å²) in [6.45, 7) is 2.11. The van der Waals surface area contributed by atoms with Gasteiger partial charge in [0.05, 0.1) is 5.69 Å². The van der Waals surface area contributed by atoms with Crippen LogP contribution in [0.3, 0.4) is 0 Å². The summed E-state index contributed by atoms with van der Waals surface area (Å²) in [5.41, 5.74) is 4.43. The van der Waals surface area contributed by atoms with E-state index in [0.29, 0.717) is 29.6 Å². The monoisotopic (exact) mass is 469 g/mol. The summed E-state index contributed by atoms with van der Waals surface area (Å²) in [5, 5.41) is 7.40. The third-order valence-corrected chi connectivity index (χ3v) is 6.10. The molecule has 170 valence electrons. The van der Waals surface area contributed by atoms with Gasteiger partial charge in [-0.2, -0.15) is 0 Å². The van der Waals surface area contributed by atoms with Crippen LogP contribution < -0.4 is 10.6 Å². The number of nitrogens with zero attached hydrogens (tertiary/aromatic N) is 3. The van der Waals surface area contributed by atoms with Gasteiger partial charge in [-0.3, -0.25) is 4.79 Å². The second kappa shape index (κ2) is 10.0. The fourth-order valence-electron chi connectivity index (χ4n) is 4.05. The van der Waals surface area contributed by atoms with Gasteiger partial charge >= 0.3 is 0 Å². The number of rotatable bonds is 5. The highest BCUT2D eigenvalue weighted by atomic mass is 35.5. The second-order valence-electron chi connectivity index (χ2n) is 8.14. The van der Waals surface area contributed by atoms with E-state index in [4.69, 9.17) is 11.6 Å². The Balaban J connectivity index is 1.25. The van der Waals surface area contributed by atoms with Gasteiger partial charge in [-0.25, -0.2) is 9.97 Å². The van der Waals surface area contributed by atoms with Crippen molar-refractivity contribution in [3.8, 4) is 11.3 Å². The van der Waals surface area contributed by atoms with E-state index in [1.54, 1.807) is 6.20 Å². The average molecular weight is 470 g/mol. The lowest BCUT2D eigenvalue weighted by Gasteiger charge is -2.34. The molecule has 2 N–H and O–H groups in total. The summed E-state index contributed by atoms with van der Waals surface area (Å²) in [7, 11) is 0. The van der Waals surface area contributed by atoms with Crippen LogP contribution in [0.15, 0.2) is 91.1 Å². The maximum absolute atomic E-state index is 13.1. The molecule has 0 unspecified atom stereocenters. The first kappa shape index (κ1) is 22.1. The molecule has 1 fully saturated rings. The molecule has 1 saturated heterocycles. The quantitative estimate of drug-likeness (QED) is 0.413. The standard InChI is InChI=1S/C27H24ClN5O/c28-22-10-6-20(7-11-22)24-14-15-30-27(32-24)31-23-12-8-21(9-13-23)26(34)33-17-16-29-25(18-33)19-4-2-1-3-5-19/h1-15,25,29H,16-18H2,(H,30,31,32)/t25-/m1/s1. The first-order valence-corrected chi connectivity index (χ1v) is 11.6. The van der Waals surface area contributed by atoms with Crippen LogP contribution in [0, 0.1) is 0 Å². The Morgan fingerprint density at radius 3 is 2.50 bits per heavy atom. The lowest BCUT2D eigenvalue weighted by Crippen LogP contribution is -2.48. The summed E-state index contributed by atoms with van der Waals surface area (Å²) < 4.78 is 0. The molecule has 1 aromatic heterocycles. The van der Waals surface area contributed by atoms with Crippen molar-refractivity contribution in [2.45, 2.75) is 6.04 Å². The highest BCUT2D eigenvalue weighted by Crippen LogP contribution is 2.23. The summed E-state index contributed by atoms with van der Waals surface area (Å²) in [4.78, 5) is 23.9. The summed E-state index contributed by atoms with van der Waals surface area (Å²) >= 11 is 5.98. The molecule has 34 heavy (non-hydrogen) atoms. The maximum atomic E-state index is 13.1. The van der Waals surface area contributed by atoms with Crippen LogP contribution in [-0.2, 0) is 0 Å². The average Bonchev–Trinajstić information content (AvgIpc) is 2.90. The van der Waals surface area contributed by atoms with Crippen LogP contribution in [0.25, 0.3) is 11.3 Å². The molecule has 0 aliphatic carbocycles. The third kappa shape index (κ3) is 5.09. The largest absolute Gasteiger partial charge is 0.335 e. The van der Waals surface area contributed by atoms with Crippen molar-refractivity contribution in [1.82, 2.24) is 20.2 Å². The van der Waals surface area contributed by atoms with E-state index < -0.39 is 0 Å². The minimum Gasteiger partial charge on any atom is -0.335 e. The fraction of sp³-hybridized carbons (Fsp3) is 0.148. The lowest BCUT2D eigenvalue weighted by molar-refractivity contribution is 0.0703. The molecular weight excluding hydrogens is 446 g/mol. The molecule has 0 bridgehead atoms. The molecule has 7 heteroatoms. The molecular formula is C27H24ClN5O. The predicted molar refractivity (Wildman–Crippen MR) is 135 cm³/mol. The maximum Gasteiger partial charge on any atom is 0.253 e. The van der Waals surface area contributed by atoms with Crippen LogP contribution in [-0.4, -0.2) is 40.4 Å². The Hall–Kier alpha value is -3.74. The van der Waals surface area contributed by atoms with Crippen molar-refractivity contribution in [2.24, 2.45) is 0 Å². The number of aromatic nitrogens is 2. The zero-order valence-corrected chi connectivity index (χ0v) is 19.2. The van der Waals surface area contributed by atoms with Gasteiger partial charge in [-0.1, -0.05) is 54.1 Å². The molecule has 1 aliphatic heterocycles. The Morgan fingerprint density at radius 1 is 0.971 bits per heavy atom. The van der Waals surface area contributed by atoms with E-state index in [0.717, 1.165) is 23.5 Å². The Bertz CT molecular complexity index is 1260. The van der Waals surface area contributed by atoms with Gasteiger partial charge in [-0.05, 0) is 48.0 Å². The van der Waals surface area contributed by atoms with Gasteiger partial charge < -0.3 is 15.5 Å². The molecule has 0 saturated carbocycles. The predicted octanol–water partition coefficient (Wildman–Crippen LogP) is 5.33. The number of nitrogens with one attached hydrogen (secondary N) is 2. The molecule has 1 atom stereocenters. The number of hydrogen-bond donors (Lipinski definition) is 2. The van der Waals surface area contributed by atoms with Gasteiger partial charge in [-0.15, -0.1) is 0 Å². The van der Waals surface area contributed by atoms with Crippen LogP contribution in [0.1, 0.15) is 22.0 Å². The minimum absolute atomic E-state index is 0.0370. The van der Waals surface area contributed by atoms with Crippen molar-refractivity contribution in [1.29, 1.82) is 0 Å². The number of carbonyl (C=O) groups is 1. The normalized spacial score (nSPS) is 15.7. The highest BCUT2D eigenvalue weighted by Gasteiger charge is 2.25. The number of benzene rings is 3. The van der Waals surface area contributed by atoms with E-state index in [2.05, 4.69) is 32.7 Å². The van der Waals surface area contributed by atoms with Crippen LogP contribution in [0.2, 0.25) is 5.02 Å². The molecule has 6 nitrogen and oxygen atoms in total. The summed E-state index contributed by atoms with van der Waals surface area (Å²) in [6, 6.07) is 27.2. The third-order valence-electron chi connectivity index (χ3n) is 5.85. The van der Waals surface area contributed by atoms with Crippen molar-refractivity contribution in [3.05, 3.63) is 107 Å². The summed E-state index contributed by atoms with van der Waals surface area (Å²) in [6.07, 6.45) is 1.71. The van der Waals surface area contributed by atoms with E-state index >= 15 is 0 Å². The highest BCUT2D eigenvalue weighted by molar-refractivity contribution is 6.30. The molecule has 0 radical (unpaired) electrons. The topological polar surface area (TPSA) is 70.2 Å².